The van der Waals surface area contributed by atoms with Gasteiger partial charge >= 0.3 is 0 Å². The zero-order valence-corrected chi connectivity index (χ0v) is 12.5. The number of hydrogen-bond acceptors (Lipinski definition) is 3. The largest absolute Gasteiger partial charge is 0.489 e. The molecule has 6 heteroatoms. The molecule has 2 rings (SSSR count). The van der Waals surface area contributed by atoms with Gasteiger partial charge in [-0.3, -0.25) is 9.59 Å². The number of ether oxygens (including phenoxy) is 1. The second-order valence-corrected chi connectivity index (χ2v) is 5.17. The van der Waals surface area contributed by atoms with E-state index in [1.165, 1.54) is 4.90 Å². The van der Waals surface area contributed by atoms with E-state index in [9.17, 15) is 14.0 Å². The molecule has 0 atom stereocenters. The van der Waals surface area contributed by atoms with Gasteiger partial charge < -0.3 is 15.4 Å². The van der Waals surface area contributed by atoms with Gasteiger partial charge in [-0.05, 0) is 42.2 Å². The van der Waals surface area contributed by atoms with E-state index in [2.05, 4.69) is 0 Å². The van der Waals surface area contributed by atoms with Crippen molar-refractivity contribution in [1.29, 1.82) is 0 Å². The van der Waals surface area contributed by atoms with Crippen molar-refractivity contribution < 1.29 is 18.7 Å². The van der Waals surface area contributed by atoms with Crippen molar-refractivity contribution in [2.24, 2.45) is 5.73 Å². The van der Waals surface area contributed by atoms with Gasteiger partial charge in [0.2, 0.25) is 5.91 Å². The summed E-state index contributed by atoms with van der Waals surface area (Å²) in [5.74, 6) is -0.130. The summed E-state index contributed by atoms with van der Waals surface area (Å²) in [5.41, 5.74) is 7.12. The van der Waals surface area contributed by atoms with E-state index in [4.69, 9.17) is 10.5 Å². The number of nitrogens with two attached hydrogens (primary N) is 1. The van der Waals surface area contributed by atoms with Crippen LogP contribution in [0.2, 0.25) is 0 Å². The molecule has 5 nitrogen and oxygen atoms in total. The molecule has 2 amide bonds. The lowest BCUT2D eigenvalue weighted by atomic mass is 9.98. The van der Waals surface area contributed by atoms with Crippen molar-refractivity contribution in [1.82, 2.24) is 4.90 Å². The predicted octanol–water partition coefficient (Wildman–Crippen LogP) is 1.81. The monoisotopic (exact) mass is 306 g/mol. The van der Waals surface area contributed by atoms with Crippen molar-refractivity contribution in [3.63, 3.8) is 0 Å². The van der Waals surface area contributed by atoms with Crippen LogP contribution in [0.1, 0.15) is 29.3 Å². The first-order chi connectivity index (χ1) is 10.5. The van der Waals surface area contributed by atoms with Crippen LogP contribution in [0.3, 0.4) is 0 Å². The van der Waals surface area contributed by atoms with Gasteiger partial charge in [0.1, 0.15) is 12.4 Å². The van der Waals surface area contributed by atoms with Gasteiger partial charge in [0, 0.05) is 12.1 Å². The molecule has 0 radical (unpaired) electrons. The van der Waals surface area contributed by atoms with Crippen LogP contribution in [-0.2, 0) is 11.2 Å². The average Bonchev–Trinajstić information content (AvgIpc) is 2.51. The molecule has 118 valence electrons. The van der Waals surface area contributed by atoms with Crippen molar-refractivity contribution in [2.45, 2.75) is 19.8 Å². The molecule has 1 aromatic rings. The lowest BCUT2D eigenvalue weighted by Gasteiger charge is -2.27. The van der Waals surface area contributed by atoms with E-state index in [0.717, 1.165) is 5.56 Å². The number of halogens is 1. The van der Waals surface area contributed by atoms with E-state index in [0.29, 0.717) is 42.6 Å². The van der Waals surface area contributed by atoms with E-state index < -0.39 is 5.91 Å². The zero-order valence-electron chi connectivity index (χ0n) is 12.5. The topological polar surface area (TPSA) is 72.6 Å². The van der Waals surface area contributed by atoms with Crippen LogP contribution in [0.4, 0.5) is 4.39 Å². The Morgan fingerprint density at radius 3 is 2.91 bits per heavy atom. The number of fused-ring (bicyclic) bond motifs is 1. The molecule has 2 N–H and O–H groups in total. The minimum Gasteiger partial charge on any atom is -0.489 e. The standard InChI is InChI=1S/C16H19FN2O3/c1-2-11(8-17)10-22-13-3-4-14-12(7-13)5-6-19(16(14)21)9-15(18)20/h3-4,7-8H,2,5-6,9-10H2,1H3,(H2,18,20)/b11-8-. The van der Waals surface area contributed by atoms with Crippen LogP contribution in [0.25, 0.3) is 0 Å². The van der Waals surface area contributed by atoms with Gasteiger partial charge in [-0.25, -0.2) is 4.39 Å². The lowest BCUT2D eigenvalue weighted by molar-refractivity contribution is -0.118. The normalized spacial score (nSPS) is 14.7. The Morgan fingerprint density at radius 2 is 2.27 bits per heavy atom. The Morgan fingerprint density at radius 1 is 1.50 bits per heavy atom. The van der Waals surface area contributed by atoms with Gasteiger partial charge in [-0.15, -0.1) is 0 Å². The predicted molar refractivity (Wildman–Crippen MR) is 80.2 cm³/mol. The number of rotatable bonds is 6. The fourth-order valence-electron chi connectivity index (χ4n) is 2.33. The molecular weight excluding hydrogens is 287 g/mol. The molecule has 0 saturated heterocycles. The average molecular weight is 306 g/mol. The molecule has 0 unspecified atom stereocenters. The highest BCUT2D eigenvalue weighted by Crippen LogP contribution is 2.24. The summed E-state index contributed by atoms with van der Waals surface area (Å²) >= 11 is 0. The molecule has 0 saturated carbocycles. The SMILES string of the molecule is CC/C(=C/F)COc1ccc2c(c1)CCN(CC(N)=O)C2=O. The first-order valence-electron chi connectivity index (χ1n) is 7.16. The van der Waals surface area contributed by atoms with Gasteiger partial charge in [0.25, 0.3) is 5.91 Å². The fraction of sp³-hybridized carbons (Fsp3) is 0.375. The Bertz CT molecular complexity index is 613. The van der Waals surface area contributed by atoms with Crippen LogP contribution in [0, 0.1) is 0 Å². The van der Waals surface area contributed by atoms with Crippen LogP contribution >= 0.6 is 0 Å². The van der Waals surface area contributed by atoms with Crippen molar-refractivity contribution in [3.8, 4) is 5.75 Å². The Labute approximate surface area is 128 Å². The number of hydrogen-bond donors (Lipinski definition) is 1. The summed E-state index contributed by atoms with van der Waals surface area (Å²) < 4.78 is 18.0. The molecule has 0 aromatic heterocycles. The summed E-state index contributed by atoms with van der Waals surface area (Å²) in [6.07, 6.45) is 1.77. The van der Waals surface area contributed by atoms with E-state index >= 15 is 0 Å². The molecule has 0 spiro atoms. The van der Waals surface area contributed by atoms with Gasteiger partial charge in [-0.1, -0.05) is 6.92 Å². The summed E-state index contributed by atoms with van der Waals surface area (Å²) in [6, 6.07) is 5.14. The van der Waals surface area contributed by atoms with Crippen LogP contribution in [0.5, 0.6) is 5.75 Å². The van der Waals surface area contributed by atoms with Crippen LogP contribution < -0.4 is 10.5 Å². The highest BCUT2D eigenvalue weighted by molar-refractivity contribution is 5.98. The second kappa shape index (κ2) is 7.06. The number of primary amides is 1. The molecule has 1 heterocycles. The maximum Gasteiger partial charge on any atom is 0.254 e. The number of amides is 2. The second-order valence-electron chi connectivity index (χ2n) is 5.17. The van der Waals surface area contributed by atoms with Crippen molar-refractivity contribution in [3.05, 3.63) is 41.2 Å². The molecule has 1 aliphatic rings. The Balaban J connectivity index is 2.10. The van der Waals surface area contributed by atoms with Crippen LogP contribution in [0.15, 0.2) is 30.1 Å². The summed E-state index contributed by atoms with van der Waals surface area (Å²) in [4.78, 5) is 24.6. The maximum absolute atomic E-state index is 12.5. The lowest BCUT2D eigenvalue weighted by Crippen LogP contribution is -2.42. The highest BCUT2D eigenvalue weighted by atomic mass is 19.1. The third-order valence-corrected chi connectivity index (χ3v) is 3.62. The van der Waals surface area contributed by atoms with Gasteiger partial charge in [-0.2, -0.15) is 0 Å². The van der Waals surface area contributed by atoms with Crippen molar-refractivity contribution >= 4 is 11.8 Å². The van der Waals surface area contributed by atoms with Gasteiger partial charge in [0.15, 0.2) is 0 Å². The quantitative estimate of drug-likeness (QED) is 0.871. The molecule has 0 fully saturated rings. The smallest absolute Gasteiger partial charge is 0.254 e. The van der Waals surface area contributed by atoms with E-state index in [1.807, 2.05) is 6.92 Å². The fourth-order valence-corrected chi connectivity index (χ4v) is 2.33. The van der Waals surface area contributed by atoms with Gasteiger partial charge in [0.05, 0.1) is 12.9 Å². The molecular formula is C16H19FN2O3. The zero-order chi connectivity index (χ0) is 16.1. The molecule has 1 aromatic carbocycles. The maximum atomic E-state index is 12.5. The number of carbonyl (C=O) groups excluding carboxylic acids is 2. The molecule has 0 bridgehead atoms. The molecule has 1 aliphatic heterocycles. The summed E-state index contributed by atoms with van der Waals surface area (Å²) in [7, 11) is 0. The number of benzene rings is 1. The minimum atomic E-state index is -0.526. The number of nitrogens with zero attached hydrogens (tertiary/aromatic N) is 1. The Hall–Kier alpha value is -2.37. The minimum absolute atomic E-state index is 0.0717. The molecule has 22 heavy (non-hydrogen) atoms. The van der Waals surface area contributed by atoms with Crippen molar-refractivity contribution in [2.75, 3.05) is 19.7 Å². The van der Waals surface area contributed by atoms with Crippen LogP contribution in [-0.4, -0.2) is 36.4 Å². The summed E-state index contributed by atoms with van der Waals surface area (Å²) in [6.45, 7) is 2.42. The van der Waals surface area contributed by atoms with E-state index in [1.54, 1.807) is 18.2 Å². The van der Waals surface area contributed by atoms with E-state index in [-0.39, 0.29) is 19.1 Å². The highest BCUT2D eigenvalue weighted by Gasteiger charge is 2.25. The number of carbonyl (C=O) groups is 2. The first kappa shape index (κ1) is 16.0. The first-order valence-corrected chi connectivity index (χ1v) is 7.16. The summed E-state index contributed by atoms with van der Waals surface area (Å²) in [5, 5.41) is 0. The molecule has 0 aliphatic carbocycles. The Kier molecular flexibility index (Phi) is 5.14. The third-order valence-electron chi connectivity index (χ3n) is 3.62. The third kappa shape index (κ3) is 3.63.